The van der Waals surface area contributed by atoms with Crippen molar-refractivity contribution >= 4 is 0 Å². The predicted molar refractivity (Wildman–Crippen MR) is 85.6 cm³/mol. The van der Waals surface area contributed by atoms with E-state index in [2.05, 4.69) is 37.6 Å². The Kier molecular flexibility index (Phi) is 7.70. The molecule has 0 aromatic heterocycles. The minimum atomic E-state index is 0.257. The molecule has 1 aliphatic rings. The number of allylic oxidation sites excluding steroid dienone is 1. The second kappa shape index (κ2) is 8.76. The maximum absolute atomic E-state index is 3.78. The second-order valence-corrected chi connectivity index (χ2v) is 7.08. The summed E-state index contributed by atoms with van der Waals surface area (Å²) in [7, 11) is 0. The zero-order valence-electron chi connectivity index (χ0n) is 13.4. The monoisotopic (exact) mass is 266 g/mol. The van der Waals surface area contributed by atoms with Crippen LogP contribution in [0.2, 0.25) is 0 Å². The van der Waals surface area contributed by atoms with Gasteiger partial charge in [0.1, 0.15) is 0 Å². The molecular weight excluding hydrogens is 232 g/mol. The Balaban J connectivity index is 2.13. The third kappa shape index (κ3) is 8.43. The standard InChI is InChI=1S/C17H34N2/c1-5-6-7-8-9-12-19-13-10-11-16(15-19)14-18-17(2,3)4/h5,16,18H,1,6-15H2,2-4H3. The molecule has 0 bridgehead atoms. The SMILES string of the molecule is C=CCCCCCN1CCCC(CNC(C)(C)C)C1. The highest BCUT2D eigenvalue weighted by atomic mass is 15.1. The molecule has 0 amide bonds. The molecule has 0 radical (unpaired) electrons. The Hall–Kier alpha value is -0.340. The Morgan fingerprint density at radius 1 is 1.26 bits per heavy atom. The molecule has 0 aromatic rings. The molecule has 19 heavy (non-hydrogen) atoms. The lowest BCUT2D eigenvalue weighted by Gasteiger charge is -2.34. The number of rotatable bonds is 8. The number of nitrogens with zero attached hydrogens (tertiary/aromatic N) is 1. The molecule has 2 heteroatoms. The molecule has 1 fully saturated rings. The molecule has 112 valence electrons. The van der Waals surface area contributed by atoms with E-state index < -0.39 is 0 Å². The summed E-state index contributed by atoms with van der Waals surface area (Å²) in [6, 6.07) is 0. The molecule has 1 N–H and O–H groups in total. The first kappa shape index (κ1) is 16.7. The maximum Gasteiger partial charge on any atom is 0.00966 e. The number of nitrogens with one attached hydrogen (secondary N) is 1. The summed E-state index contributed by atoms with van der Waals surface area (Å²) in [5.41, 5.74) is 0.257. The van der Waals surface area contributed by atoms with Crippen LogP contribution in [0.3, 0.4) is 0 Å². The van der Waals surface area contributed by atoms with Crippen LogP contribution < -0.4 is 5.32 Å². The molecule has 2 nitrogen and oxygen atoms in total. The van der Waals surface area contributed by atoms with Crippen molar-refractivity contribution in [2.75, 3.05) is 26.2 Å². The lowest BCUT2D eigenvalue weighted by atomic mass is 9.96. The average Bonchev–Trinajstić information content (AvgIpc) is 2.36. The highest BCUT2D eigenvalue weighted by molar-refractivity contribution is 4.78. The fourth-order valence-electron chi connectivity index (χ4n) is 2.77. The summed E-state index contributed by atoms with van der Waals surface area (Å²) < 4.78 is 0. The Labute approximate surface area is 120 Å². The van der Waals surface area contributed by atoms with Crippen molar-refractivity contribution in [1.82, 2.24) is 10.2 Å². The van der Waals surface area contributed by atoms with Crippen molar-refractivity contribution in [3.05, 3.63) is 12.7 Å². The van der Waals surface area contributed by atoms with Crippen LogP contribution in [-0.2, 0) is 0 Å². The zero-order chi connectivity index (χ0) is 14.1. The van der Waals surface area contributed by atoms with Crippen LogP contribution in [0.4, 0.5) is 0 Å². The summed E-state index contributed by atoms with van der Waals surface area (Å²) in [6.45, 7) is 15.6. The van der Waals surface area contributed by atoms with E-state index >= 15 is 0 Å². The van der Waals surface area contributed by atoms with Gasteiger partial charge in [-0.05, 0) is 78.4 Å². The number of likely N-dealkylation sites (tertiary alicyclic amines) is 1. The third-order valence-corrected chi connectivity index (χ3v) is 3.91. The van der Waals surface area contributed by atoms with Gasteiger partial charge in [-0.25, -0.2) is 0 Å². The van der Waals surface area contributed by atoms with Gasteiger partial charge in [-0.3, -0.25) is 0 Å². The van der Waals surface area contributed by atoms with Crippen molar-refractivity contribution < 1.29 is 0 Å². The molecule has 0 aromatic carbocycles. The Morgan fingerprint density at radius 3 is 2.74 bits per heavy atom. The minimum absolute atomic E-state index is 0.257. The molecule has 1 atom stereocenters. The highest BCUT2D eigenvalue weighted by Crippen LogP contribution is 2.17. The van der Waals surface area contributed by atoms with Gasteiger partial charge in [0.05, 0.1) is 0 Å². The van der Waals surface area contributed by atoms with Gasteiger partial charge in [-0.2, -0.15) is 0 Å². The van der Waals surface area contributed by atoms with Gasteiger partial charge in [-0.15, -0.1) is 6.58 Å². The molecule has 0 aliphatic carbocycles. The lowest BCUT2D eigenvalue weighted by molar-refractivity contribution is 0.164. The van der Waals surface area contributed by atoms with Crippen molar-refractivity contribution in [3.8, 4) is 0 Å². The van der Waals surface area contributed by atoms with Gasteiger partial charge in [0.25, 0.3) is 0 Å². The first-order chi connectivity index (χ1) is 9.01. The summed E-state index contributed by atoms with van der Waals surface area (Å²) in [5.74, 6) is 0.848. The predicted octanol–water partition coefficient (Wildman–Crippen LogP) is 3.83. The van der Waals surface area contributed by atoms with Crippen molar-refractivity contribution in [2.45, 2.75) is 64.8 Å². The van der Waals surface area contributed by atoms with E-state index in [0.717, 1.165) is 5.92 Å². The van der Waals surface area contributed by atoms with Crippen molar-refractivity contribution in [1.29, 1.82) is 0 Å². The highest BCUT2D eigenvalue weighted by Gasteiger charge is 2.20. The molecule has 1 unspecified atom stereocenters. The number of unbranched alkanes of at least 4 members (excludes halogenated alkanes) is 3. The number of hydrogen-bond donors (Lipinski definition) is 1. The largest absolute Gasteiger partial charge is 0.312 e. The summed E-state index contributed by atoms with van der Waals surface area (Å²) >= 11 is 0. The minimum Gasteiger partial charge on any atom is -0.312 e. The van der Waals surface area contributed by atoms with E-state index in [4.69, 9.17) is 0 Å². The maximum atomic E-state index is 3.78. The van der Waals surface area contributed by atoms with Gasteiger partial charge in [0, 0.05) is 12.1 Å². The van der Waals surface area contributed by atoms with Gasteiger partial charge in [-0.1, -0.05) is 12.5 Å². The van der Waals surface area contributed by atoms with Gasteiger partial charge < -0.3 is 10.2 Å². The van der Waals surface area contributed by atoms with E-state index in [1.807, 2.05) is 6.08 Å². The molecule has 1 saturated heterocycles. The first-order valence-corrected chi connectivity index (χ1v) is 8.09. The quantitative estimate of drug-likeness (QED) is 0.530. The third-order valence-electron chi connectivity index (χ3n) is 3.91. The lowest BCUT2D eigenvalue weighted by Crippen LogP contribution is -2.44. The number of piperidine rings is 1. The van der Waals surface area contributed by atoms with Gasteiger partial charge in [0.2, 0.25) is 0 Å². The van der Waals surface area contributed by atoms with Crippen LogP contribution in [0.5, 0.6) is 0 Å². The van der Waals surface area contributed by atoms with Crippen LogP contribution in [0, 0.1) is 5.92 Å². The van der Waals surface area contributed by atoms with E-state index in [9.17, 15) is 0 Å². The van der Waals surface area contributed by atoms with Crippen LogP contribution in [0.15, 0.2) is 12.7 Å². The summed E-state index contributed by atoms with van der Waals surface area (Å²) in [4.78, 5) is 2.67. The van der Waals surface area contributed by atoms with Crippen LogP contribution >= 0.6 is 0 Å². The van der Waals surface area contributed by atoms with E-state index in [0.29, 0.717) is 0 Å². The van der Waals surface area contributed by atoms with E-state index in [-0.39, 0.29) is 5.54 Å². The van der Waals surface area contributed by atoms with Crippen LogP contribution in [0.1, 0.15) is 59.3 Å². The van der Waals surface area contributed by atoms with Gasteiger partial charge >= 0.3 is 0 Å². The Morgan fingerprint density at radius 2 is 2.05 bits per heavy atom. The van der Waals surface area contributed by atoms with Crippen molar-refractivity contribution in [2.24, 2.45) is 5.92 Å². The zero-order valence-corrected chi connectivity index (χ0v) is 13.4. The second-order valence-electron chi connectivity index (χ2n) is 7.08. The molecule has 0 spiro atoms. The topological polar surface area (TPSA) is 15.3 Å². The molecule has 1 rings (SSSR count). The van der Waals surface area contributed by atoms with Gasteiger partial charge in [0.15, 0.2) is 0 Å². The average molecular weight is 266 g/mol. The normalized spacial score (nSPS) is 21.5. The molecular formula is C17H34N2. The van der Waals surface area contributed by atoms with E-state index in [1.165, 1.54) is 64.7 Å². The van der Waals surface area contributed by atoms with Crippen LogP contribution in [0.25, 0.3) is 0 Å². The molecule has 0 saturated carbocycles. The van der Waals surface area contributed by atoms with E-state index in [1.54, 1.807) is 0 Å². The summed E-state index contributed by atoms with van der Waals surface area (Å²) in [6.07, 6.45) is 10.0. The fraction of sp³-hybridized carbons (Fsp3) is 0.882. The first-order valence-electron chi connectivity index (χ1n) is 8.09. The molecule has 1 heterocycles. The fourth-order valence-corrected chi connectivity index (χ4v) is 2.77. The summed E-state index contributed by atoms with van der Waals surface area (Å²) in [5, 5.41) is 3.66. The number of hydrogen-bond acceptors (Lipinski definition) is 2. The smallest absolute Gasteiger partial charge is 0.00966 e. The van der Waals surface area contributed by atoms with Crippen LogP contribution in [-0.4, -0.2) is 36.6 Å². The van der Waals surface area contributed by atoms with Crippen molar-refractivity contribution in [3.63, 3.8) is 0 Å². The molecule has 1 aliphatic heterocycles. The Bertz CT molecular complexity index is 242.